The highest BCUT2D eigenvalue weighted by molar-refractivity contribution is 6.23. The number of carbonyl (C=O) groups excluding carboxylic acids is 7. The summed E-state index contributed by atoms with van der Waals surface area (Å²) in [6.07, 6.45) is -3.12. The molecule has 0 aromatic rings. The predicted molar refractivity (Wildman–Crippen MR) is 94.7 cm³/mol. The van der Waals surface area contributed by atoms with Gasteiger partial charge in [-0.1, -0.05) is 0 Å². The fraction of sp³-hybridized carbons (Fsp3) is 0.611. The molecule has 0 bridgehead atoms. The molecule has 0 saturated carbocycles. The van der Waals surface area contributed by atoms with Gasteiger partial charge in [0, 0.05) is 19.3 Å². The molecule has 0 amide bonds. The van der Waals surface area contributed by atoms with E-state index in [1.165, 1.54) is 20.8 Å². The average molecular weight is 463 g/mol. The summed E-state index contributed by atoms with van der Waals surface area (Å²) in [6, 6.07) is 0. The summed E-state index contributed by atoms with van der Waals surface area (Å²) in [5, 5.41) is 21.2. The molecule has 0 aromatic carbocycles. The highest BCUT2D eigenvalue weighted by Crippen LogP contribution is 2.24. The van der Waals surface area contributed by atoms with E-state index in [0.717, 1.165) is 6.92 Å². The number of aliphatic carboxylic acids is 1. The number of carboxylic acid groups (broad SMARTS) is 1. The molecule has 1 N–H and O–H groups in total. The van der Waals surface area contributed by atoms with Crippen molar-refractivity contribution in [3.05, 3.63) is 0 Å². The summed E-state index contributed by atoms with van der Waals surface area (Å²) in [5.41, 5.74) is -6.66. The Kier molecular flexibility index (Phi) is 11.0. The van der Waals surface area contributed by atoms with Crippen LogP contribution in [0.3, 0.4) is 0 Å². The Morgan fingerprint density at radius 2 is 1.16 bits per heavy atom. The third-order valence-corrected chi connectivity index (χ3v) is 3.45. The van der Waals surface area contributed by atoms with Crippen LogP contribution >= 0.6 is 0 Å². The Labute approximate surface area is 181 Å². The Bertz CT molecular complexity index is 724. The first-order chi connectivity index (χ1) is 14.8. The molecule has 32 heavy (non-hydrogen) atoms. The van der Waals surface area contributed by atoms with E-state index in [4.69, 9.17) is 0 Å². The van der Waals surface area contributed by atoms with Crippen LogP contribution in [0, 0.1) is 0 Å². The predicted octanol–water partition coefficient (Wildman–Crippen LogP) is -2.69. The Morgan fingerprint density at radius 1 is 0.750 bits per heavy atom. The van der Waals surface area contributed by atoms with E-state index in [9.17, 15) is 43.8 Å². The summed E-state index contributed by atoms with van der Waals surface area (Å²) in [7, 11) is 0. The molecule has 0 spiro atoms. The highest BCUT2D eigenvalue weighted by Gasteiger charge is 2.62. The number of hydrogen-bond acceptors (Lipinski definition) is 14. The standard InChI is InChI=1S/C18H24O14/c1-5-28-14(24)18(15(25)29-6-2,16(26)30-7-3)32-12(22)9-17(27,8-11(20)21)13(23)31-10(4)19/h27H,5-9H2,1-4H3,(H,20,21)/p-1. The minimum atomic E-state index is -3.44. The second-order valence-electron chi connectivity index (χ2n) is 5.95. The molecule has 0 heterocycles. The van der Waals surface area contributed by atoms with Crippen molar-refractivity contribution in [2.75, 3.05) is 19.8 Å². The first-order valence-corrected chi connectivity index (χ1v) is 9.19. The van der Waals surface area contributed by atoms with Crippen LogP contribution in [-0.2, 0) is 57.2 Å². The van der Waals surface area contributed by atoms with Crippen LogP contribution in [0.2, 0.25) is 0 Å². The largest absolute Gasteiger partial charge is 0.550 e. The minimum absolute atomic E-state index is 0.378. The van der Waals surface area contributed by atoms with Crippen molar-refractivity contribution in [2.24, 2.45) is 0 Å². The van der Waals surface area contributed by atoms with Gasteiger partial charge >= 0.3 is 41.4 Å². The monoisotopic (exact) mass is 463 g/mol. The van der Waals surface area contributed by atoms with E-state index in [1.54, 1.807) is 0 Å². The maximum atomic E-state index is 12.5. The molecule has 0 saturated heterocycles. The van der Waals surface area contributed by atoms with Crippen LogP contribution in [0.15, 0.2) is 0 Å². The van der Waals surface area contributed by atoms with Gasteiger partial charge in [0.2, 0.25) is 0 Å². The van der Waals surface area contributed by atoms with Gasteiger partial charge < -0.3 is 38.7 Å². The molecule has 1 unspecified atom stereocenters. The average Bonchev–Trinajstić information content (AvgIpc) is 2.65. The third-order valence-electron chi connectivity index (χ3n) is 3.45. The summed E-state index contributed by atoms with van der Waals surface area (Å²) >= 11 is 0. The maximum Gasteiger partial charge on any atom is 0.400 e. The molecular formula is C18H23O14-. The Hall–Kier alpha value is -3.55. The van der Waals surface area contributed by atoms with E-state index in [-0.39, 0.29) is 19.8 Å². The van der Waals surface area contributed by atoms with Gasteiger partial charge in [-0.15, -0.1) is 0 Å². The van der Waals surface area contributed by atoms with E-state index >= 15 is 0 Å². The van der Waals surface area contributed by atoms with Crippen molar-refractivity contribution >= 4 is 41.8 Å². The van der Waals surface area contributed by atoms with Gasteiger partial charge in [-0.25, -0.2) is 19.2 Å². The smallest absolute Gasteiger partial charge is 0.400 e. The van der Waals surface area contributed by atoms with Crippen LogP contribution in [0.1, 0.15) is 40.5 Å². The zero-order valence-corrected chi connectivity index (χ0v) is 17.8. The van der Waals surface area contributed by atoms with Gasteiger partial charge in [-0.05, 0) is 20.8 Å². The van der Waals surface area contributed by atoms with Gasteiger partial charge in [0.1, 0.15) is 0 Å². The summed E-state index contributed by atoms with van der Waals surface area (Å²) in [6.45, 7) is 3.53. The van der Waals surface area contributed by atoms with Gasteiger partial charge in [-0.3, -0.25) is 9.59 Å². The van der Waals surface area contributed by atoms with Crippen molar-refractivity contribution < 1.29 is 67.5 Å². The number of carboxylic acids is 1. The number of ether oxygens (including phenoxy) is 5. The number of carbonyl (C=O) groups is 7. The lowest BCUT2D eigenvalue weighted by Crippen LogP contribution is -2.60. The van der Waals surface area contributed by atoms with Crippen molar-refractivity contribution in [3.8, 4) is 0 Å². The van der Waals surface area contributed by atoms with E-state index < -0.39 is 65.8 Å². The molecule has 0 radical (unpaired) electrons. The van der Waals surface area contributed by atoms with Crippen molar-refractivity contribution in [3.63, 3.8) is 0 Å². The molecule has 1 atom stereocenters. The summed E-state index contributed by atoms with van der Waals surface area (Å²) in [5.74, 6) is -12.1. The van der Waals surface area contributed by atoms with E-state index in [2.05, 4.69) is 23.7 Å². The molecule has 0 fully saturated rings. The molecule has 0 aromatic heterocycles. The molecule has 0 rings (SSSR count). The Balaban J connectivity index is 6.26. The number of aliphatic hydroxyl groups is 1. The second kappa shape index (κ2) is 12.3. The first-order valence-electron chi connectivity index (χ1n) is 9.19. The van der Waals surface area contributed by atoms with Gasteiger partial charge in [0.15, 0.2) is 5.60 Å². The van der Waals surface area contributed by atoms with Gasteiger partial charge in [0.05, 0.1) is 26.2 Å². The molecule has 0 aliphatic heterocycles. The molecule has 14 heteroatoms. The lowest BCUT2D eigenvalue weighted by Gasteiger charge is -2.29. The molecule has 0 aliphatic carbocycles. The normalized spacial score (nSPS) is 12.5. The lowest BCUT2D eigenvalue weighted by molar-refractivity contribution is -0.309. The quantitative estimate of drug-likeness (QED) is 0.177. The fourth-order valence-electron chi connectivity index (χ4n) is 2.19. The third kappa shape index (κ3) is 7.30. The Morgan fingerprint density at radius 3 is 1.47 bits per heavy atom. The lowest BCUT2D eigenvalue weighted by atomic mass is 9.95. The molecule has 14 nitrogen and oxygen atoms in total. The number of esters is 6. The van der Waals surface area contributed by atoms with Gasteiger partial charge in [0.25, 0.3) is 0 Å². The van der Waals surface area contributed by atoms with Crippen LogP contribution in [-0.4, -0.2) is 77.9 Å². The zero-order chi connectivity index (χ0) is 25.1. The van der Waals surface area contributed by atoms with Crippen molar-refractivity contribution in [1.82, 2.24) is 0 Å². The van der Waals surface area contributed by atoms with Crippen LogP contribution < -0.4 is 5.11 Å². The van der Waals surface area contributed by atoms with Gasteiger partial charge in [-0.2, -0.15) is 0 Å². The number of hydrogen-bond donors (Lipinski definition) is 1. The van der Waals surface area contributed by atoms with Crippen molar-refractivity contribution in [2.45, 2.75) is 51.7 Å². The maximum absolute atomic E-state index is 12.5. The SMILES string of the molecule is CCOC(=O)C(OC(=O)CC(O)(CC(=O)[O-])C(=O)OC(C)=O)(C(=O)OCC)C(=O)OCC. The zero-order valence-electron chi connectivity index (χ0n) is 17.8. The topological polar surface area (TPSA) is 209 Å². The summed E-state index contributed by atoms with van der Waals surface area (Å²) < 4.78 is 22.6. The molecule has 180 valence electrons. The van der Waals surface area contributed by atoms with Crippen LogP contribution in [0.5, 0.6) is 0 Å². The first kappa shape index (κ1) is 28.5. The highest BCUT2D eigenvalue weighted by atomic mass is 16.7. The second-order valence-corrected chi connectivity index (χ2v) is 5.95. The van der Waals surface area contributed by atoms with E-state index in [0.29, 0.717) is 0 Å². The van der Waals surface area contributed by atoms with Crippen molar-refractivity contribution in [1.29, 1.82) is 0 Å². The van der Waals surface area contributed by atoms with Crippen LogP contribution in [0.25, 0.3) is 0 Å². The summed E-state index contributed by atoms with van der Waals surface area (Å²) in [4.78, 5) is 83.7. The fourth-order valence-corrected chi connectivity index (χ4v) is 2.19. The minimum Gasteiger partial charge on any atom is -0.550 e. The van der Waals surface area contributed by atoms with Crippen LogP contribution in [0.4, 0.5) is 0 Å². The molecular weight excluding hydrogens is 440 g/mol. The van der Waals surface area contributed by atoms with E-state index in [1.807, 2.05) is 0 Å². The molecule has 0 aliphatic rings. The number of rotatable bonds is 12.